The van der Waals surface area contributed by atoms with Crippen molar-refractivity contribution in [3.63, 3.8) is 0 Å². The van der Waals surface area contributed by atoms with E-state index in [0.717, 1.165) is 77.0 Å². The van der Waals surface area contributed by atoms with E-state index in [4.69, 9.17) is 14.9 Å². The second-order valence-electron chi connectivity index (χ2n) is 13.0. The molecular formula is C40H70N2O7. The van der Waals surface area contributed by atoms with Gasteiger partial charge in [0.05, 0.1) is 13.2 Å². The van der Waals surface area contributed by atoms with E-state index in [2.05, 4.69) is 60.9 Å². The molecule has 49 heavy (non-hydrogen) atoms. The summed E-state index contributed by atoms with van der Waals surface area (Å²) in [6.45, 7) is 3.40. The van der Waals surface area contributed by atoms with E-state index in [1.54, 1.807) is 0 Å². The first-order chi connectivity index (χ1) is 23.8. The number of aliphatic hydroxyl groups excluding tert-OH is 1. The van der Waals surface area contributed by atoms with Gasteiger partial charge < -0.3 is 25.6 Å². The number of unbranched alkanes of at least 4 members (excludes halogenated alkanes) is 16. The lowest BCUT2D eigenvalue weighted by Gasteiger charge is -2.15. The number of amides is 2. The third kappa shape index (κ3) is 32.0. The molecule has 2 atom stereocenters. The topological polar surface area (TPSA) is 142 Å². The molecule has 2 amide bonds. The summed E-state index contributed by atoms with van der Waals surface area (Å²) in [6, 6.07) is -1.38. The summed E-state index contributed by atoms with van der Waals surface area (Å²) in [5.41, 5.74) is 0. The number of aliphatic hydroxyl groups is 1. The van der Waals surface area contributed by atoms with Crippen LogP contribution in [0.25, 0.3) is 0 Å². The minimum Gasteiger partial charge on any atom is -0.480 e. The van der Waals surface area contributed by atoms with Crippen LogP contribution in [-0.4, -0.2) is 59.3 Å². The average Bonchev–Trinajstić information content (AvgIpc) is 3.08. The van der Waals surface area contributed by atoms with Crippen LogP contribution in [0, 0.1) is 0 Å². The maximum Gasteiger partial charge on any atom is 0.328 e. The summed E-state index contributed by atoms with van der Waals surface area (Å²) < 4.78 is 5.89. The third-order valence-corrected chi connectivity index (χ3v) is 8.34. The molecular weight excluding hydrogens is 620 g/mol. The van der Waals surface area contributed by atoms with Crippen molar-refractivity contribution in [3.8, 4) is 0 Å². The summed E-state index contributed by atoms with van der Waals surface area (Å²) >= 11 is 0. The molecule has 0 aromatic rings. The van der Waals surface area contributed by atoms with Gasteiger partial charge in [-0.2, -0.15) is 0 Å². The first-order valence-electron chi connectivity index (χ1n) is 19.4. The van der Waals surface area contributed by atoms with E-state index in [1.165, 1.54) is 57.8 Å². The SMILES string of the molecule is CCCCC/C=C\C/C=C\C(CCCCCCCCC(=O)NCC(=O)NC(CO)C(=O)O)OC(=O)CCCCCCC/C=C\CCCCC. The average molecular weight is 691 g/mol. The molecule has 0 aliphatic heterocycles. The van der Waals surface area contributed by atoms with Gasteiger partial charge >= 0.3 is 11.9 Å². The molecule has 0 aromatic heterocycles. The number of carbonyl (C=O) groups is 4. The minimum absolute atomic E-state index is 0.106. The number of carboxylic acids is 1. The smallest absolute Gasteiger partial charge is 0.328 e. The molecule has 0 aliphatic rings. The van der Waals surface area contributed by atoms with Crippen molar-refractivity contribution in [1.82, 2.24) is 10.6 Å². The number of esters is 1. The number of nitrogens with one attached hydrogen (secondary N) is 2. The fourth-order valence-electron chi connectivity index (χ4n) is 5.30. The summed E-state index contributed by atoms with van der Waals surface area (Å²) in [4.78, 5) is 47.2. The van der Waals surface area contributed by atoms with Gasteiger partial charge in [0.1, 0.15) is 12.1 Å². The van der Waals surface area contributed by atoms with Gasteiger partial charge in [0.15, 0.2) is 0 Å². The van der Waals surface area contributed by atoms with Gasteiger partial charge in [0.2, 0.25) is 11.8 Å². The Hall–Kier alpha value is -2.94. The van der Waals surface area contributed by atoms with Crippen molar-refractivity contribution in [2.45, 2.75) is 180 Å². The molecule has 0 rings (SSSR count). The minimum atomic E-state index is -1.38. The molecule has 0 saturated heterocycles. The van der Waals surface area contributed by atoms with Crippen molar-refractivity contribution in [2.24, 2.45) is 0 Å². The molecule has 0 heterocycles. The monoisotopic (exact) mass is 691 g/mol. The van der Waals surface area contributed by atoms with Gasteiger partial charge in [-0.1, -0.05) is 115 Å². The van der Waals surface area contributed by atoms with Crippen LogP contribution in [0.15, 0.2) is 36.5 Å². The maximum absolute atomic E-state index is 12.6. The number of hydrogen-bond donors (Lipinski definition) is 4. The number of hydrogen-bond acceptors (Lipinski definition) is 6. The Bertz CT molecular complexity index is 932. The van der Waals surface area contributed by atoms with E-state index in [0.29, 0.717) is 19.3 Å². The molecule has 282 valence electrons. The lowest BCUT2D eigenvalue weighted by atomic mass is 10.1. The van der Waals surface area contributed by atoms with Gasteiger partial charge in [-0.3, -0.25) is 14.4 Å². The van der Waals surface area contributed by atoms with Crippen molar-refractivity contribution in [2.75, 3.05) is 13.2 Å². The number of carbonyl (C=O) groups excluding carboxylic acids is 3. The summed E-state index contributed by atoms with van der Waals surface area (Å²) in [5, 5.41) is 22.4. The normalized spacial score (nSPS) is 12.9. The van der Waals surface area contributed by atoms with Gasteiger partial charge in [-0.15, -0.1) is 0 Å². The Morgan fingerprint density at radius 2 is 1.16 bits per heavy atom. The zero-order chi connectivity index (χ0) is 36.2. The Morgan fingerprint density at radius 1 is 0.633 bits per heavy atom. The van der Waals surface area contributed by atoms with Crippen molar-refractivity contribution >= 4 is 23.8 Å². The van der Waals surface area contributed by atoms with Crippen LogP contribution >= 0.6 is 0 Å². The lowest BCUT2D eigenvalue weighted by Crippen LogP contribution is -2.47. The first-order valence-corrected chi connectivity index (χ1v) is 19.4. The zero-order valence-corrected chi connectivity index (χ0v) is 30.9. The van der Waals surface area contributed by atoms with Gasteiger partial charge in [0, 0.05) is 12.8 Å². The molecule has 0 radical (unpaired) electrons. The predicted octanol–water partition coefficient (Wildman–Crippen LogP) is 8.65. The molecule has 0 aromatic carbocycles. The number of rotatable bonds is 34. The Kier molecular flexibility index (Phi) is 32.8. The summed E-state index contributed by atoms with van der Waals surface area (Å²) in [6.07, 6.45) is 37.6. The summed E-state index contributed by atoms with van der Waals surface area (Å²) in [5.74, 6) is -2.36. The zero-order valence-electron chi connectivity index (χ0n) is 30.9. The van der Waals surface area contributed by atoms with Gasteiger partial charge in [-0.25, -0.2) is 4.79 Å². The van der Waals surface area contributed by atoms with Crippen LogP contribution in [0.5, 0.6) is 0 Å². The second kappa shape index (κ2) is 34.9. The standard InChI is InChI=1S/C40H70N2O7/c1-3-5-7-9-11-13-14-15-16-18-24-28-32-39(46)49-35(29-25-21-17-12-10-8-6-4-2)30-26-22-19-20-23-27-31-37(44)41-33-38(45)42-36(34-43)40(47)48/h11-13,17,25,29,35-36,43H,3-10,14-16,18-24,26-28,30-34H2,1-2H3,(H,41,44)(H,42,45)(H,47,48)/b13-11-,17-12-,29-25-. The molecule has 9 nitrogen and oxygen atoms in total. The van der Waals surface area contributed by atoms with Crippen LogP contribution in [0.1, 0.15) is 168 Å². The molecule has 0 spiro atoms. The molecule has 2 unspecified atom stereocenters. The Morgan fingerprint density at radius 3 is 1.76 bits per heavy atom. The quantitative estimate of drug-likeness (QED) is 0.0301. The summed E-state index contributed by atoms with van der Waals surface area (Å²) in [7, 11) is 0. The van der Waals surface area contributed by atoms with Crippen LogP contribution in [-0.2, 0) is 23.9 Å². The molecule has 0 aliphatic carbocycles. The van der Waals surface area contributed by atoms with E-state index in [9.17, 15) is 19.2 Å². The fraction of sp³-hybridized carbons (Fsp3) is 0.750. The van der Waals surface area contributed by atoms with Crippen LogP contribution in [0.2, 0.25) is 0 Å². The van der Waals surface area contributed by atoms with Gasteiger partial charge in [-0.05, 0) is 76.7 Å². The van der Waals surface area contributed by atoms with Crippen molar-refractivity contribution in [1.29, 1.82) is 0 Å². The highest BCUT2D eigenvalue weighted by atomic mass is 16.5. The lowest BCUT2D eigenvalue weighted by molar-refractivity contribution is -0.147. The highest BCUT2D eigenvalue weighted by molar-refractivity contribution is 5.87. The number of allylic oxidation sites excluding steroid dienone is 5. The molecule has 4 N–H and O–H groups in total. The fourth-order valence-corrected chi connectivity index (χ4v) is 5.30. The molecule has 0 saturated carbocycles. The van der Waals surface area contributed by atoms with E-state index < -0.39 is 24.5 Å². The Labute approximate surface area is 297 Å². The van der Waals surface area contributed by atoms with Gasteiger partial charge in [0.25, 0.3) is 0 Å². The number of carboxylic acid groups (broad SMARTS) is 1. The largest absolute Gasteiger partial charge is 0.480 e. The number of ether oxygens (including phenoxy) is 1. The second-order valence-corrected chi connectivity index (χ2v) is 13.0. The van der Waals surface area contributed by atoms with Crippen molar-refractivity contribution in [3.05, 3.63) is 36.5 Å². The maximum atomic E-state index is 12.6. The molecule has 0 bridgehead atoms. The predicted molar refractivity (Wildman–Crippen MR) is 199 cm³/mol. The van der Waals surface area contributed by atoms with Crippen molar-refractivity contribution < 1.29 is 34.1 Å². The highest BCUT2D eigenvalue weighted by Crippen LogP contribution is 2.15. The van der Waals surface area contributed by atoms with E-state index in [-0.39, 0.29) is 24.5 Å². The van der Waals surface area contributed by atoms with E-state index >= 15 is 0 Å². The molecule has 9 heteroatoms. The van der Waals surface area contributed by atoms with E-state index in [1.807, 2.05) is 0 Å². The van der Waals surface area contributed by atoms with Crippen LogP contribution in [0.3, 0.4) is 0 Å². The molecule has 0 fully saturated rings. The highest BCUT2D eigenvalue weighted by Gasteiger charge is 2.18. The first kappa shape index (κ1) is 46.1. The van der Waals surface area contributed by atoms with Crippen LogP contribution in [0.4, 0.5) is 0 Å². The Balaban J connectivity index is 4.30. The third-order valence-electron chi connectivity index (χ3n) is 8.34. The van der Waals surface area contributed by atoms with Crippen LogP contribution < -0.4 is 10.6 Å². The number of aliphatic carboxylic acids is 1.